The van der Waals surface area contributed by atoms with Gasteiger partial charge in [0.25, 0.3) is 0 Å². The highest BCUT2D eigenvalue weighted by Crippen LogP contribution is 2.27. The molecule has 1 atom stereocenters. The van der Waals surface area contributed by atoms with Gasteiger partial charge in [-0.2, -0.15) is 5.10 Å². The van der Waals surface area contributed by atoms with Crippen LogP contribution in [0.1, 0.15) is 23.2 Å². The van der Waals surface area contributed by atoms with Gasteiger partial charge in [0.1, 0.15) is 10.8 Å². The van der Waals surface area contributed by atoms with E-state index in [0.717, 1.165) is 20.9 Å². The number of hydrogen-bond donors (Lipinski definition) is 1. The molecule has 154 valence electrons. The predicted molar refractivity (Wildman–Crippen MR) is 114 cm³/mol. The minimum atomic E-state index is -3.03. The summed E-state index contributed by atoms with van der Waals surface area (Å²) in [5.41, 5.74) is 1.71. The van der Waals surface area contributed by atoms with Gasteiger partial charge in [0.05, 0.1) is 46.5 Å². The minimum Gasteiger partial charge on any atom is -0.310 e. The van der Waals surface area contributed by atoms with Crippen molar-refractivity contribution in [2.45, 2.75) is 25.9 Å². The lowest BCUT2D eigenvalue weighted by molar-refractivity contribution is -0.117. The SMILES string of the molecule is Cc1cc(NC(=O)CN(C)Cc2nc3ccccc3s2)n(C2CCS(=O)(=O)C2)n1. The molecule has 0 bridgehead atoms. The van der Waals surface area contributed by atoms with Gasteiger partial charge in [0.2, 0.25) is 5.91 Å². The maximum absolute atomic E-state index is 12.6. The number of anilines is 1. The summed E-state index contributed by atoms with van der Waals surface area (Å²) in [5, 5.41) is 8.24. The molecule has 1 N–H and O–H groups in total. The summed E-state index contributed by atoms with van der Waals surface area (Å²) in [4.78, 5) is 19.1. The zero-order chi connectivity index (χ0) is 20.6. The zero-order valence-electron chi connectivity index (χ0n) is 16.3. The van der Waals surface area contributed by atoms with Crippen molar-refractivity contribution in [3.05, 3.63) is 41.0 Å². The number of nitrogens with one attached hydrogen (secondary N) is 1. The number of carbonyl (C=O) groups excluding carboxylic acids is 1. The molecule has 3 heterocycles. The Kier molecular flexibility index (Phi) is 5.41. The number of rotatable bonds is 6. The van der Waals surface area contributed by atoms with Gasteiger partial charge in [-0.1, -0.05) is 12.1 Å². The molecule has 0 aliphatic carbocycles. The van der Waals surface area contributed by atoms with E-state index < -0.39 is 9.84 Å². The van der Waals surface area contributed by atoms with Crippen molar-refractivity contribution in [3.63, 3.8) is 0 Å². The summed E-state index contributed by atoms with van der Waals surface area (Å²) in [6.07, 6.45) is 0.518. The molecule has 29 heavy (non-hydrogen) atoms. The number of likely N-dealkylation sites (N-methyl/N-ethyl adjacent to an activating group) is 1. The zero-order valence-corrected chi connectivity index (χ0v) is 18.0. The van der Waals surface area contributed by atoms with E-state index in [1.54, 1.807) is 22.1 Å². The van der Waals surface area contributed by atoms with Crippen molar-refractivity contribution in [3.8, 4) is 0 Å². The lowest BCUT2D eigenvalue weighted by Gasteiger charge is -2.17. The monoisotopic (exact) mass is 433 g/mol. The maximum atomic E-state index is 12.6. The van der Waals surface area contributed by atoms with Crippen LogP contribution in [0.4, 0.5) is 5.82 Å². The third kappa shape index (κ3) is 4.65. The lowest BCUT2D eigenvalue weighted by Crippen LogP contribution is -2.31. The molecule has 0 radical (unpaired) electrons. The van der Waals surface area contributed by atoms with Crippen LogP contribution in [0.5, 0.6) is 0 Å². The fourth-order valence-electron chi connectivity index (χ4n) is 3.56. The second-order valence-electron chi connectivity index (χ2n) is 7.47. The molecule has 1 saturated heterocycles. The van der Waals surface area contributed by atoms with Gasteiger partial charge in [-0.25, -0.2) is 18.1 Å². The van der Waals surface area contributed by atoms with Crippen LogP contribution < -0.4 is 5.32 Å². The van der Waals surface area contributed by atoms with Crippen LogP contribution in [0.25, 0.3) is 10.2 Å². The summed E-state index contributed by atoms with van der Waals surface area (Å²) in [5.74, 6) is 0.599. The molecule has 1 unspecified atom stereocenters. The number of hydrogen-bond acceptors (Lipinski definition) is 7. The van der Waals surface area contributed by atoms with Gasteiger partial charge in [-0.05, 0) is 32.5 Å². The molecule has 1 aromatic carbocycles. The first kappa shape index (κ1) is 20.0. The summed E-state index contributed by atoms with van der Waals surface area (Å²) in [6, 6.07) is 9.51. The first-order chi connectivity index (χ1) is 13.8. The average molecular weight is 434 g/mol. The molecular formula is C19H23N5O3S2. The molecule has 0 saturated carbocycles. The molecule has 8 nitrogen and oxygen atoms in total. The van der Waals surface area contributed by atoms with Crippen LogP contribution in [0.2, 0.25) is 0 Å². The van der Waals surface area contributed by atoms with E-state index in [0.29, 0.717) is 18.8 Å². The summed E-state index contributed by atoms with van der Waals surface area (Å²) in [6.45, 7) is 2.60. The van der Waals surface area contributed by atoms with Crippen molar-refractivity contribution in [1.82, 2.24) is 19.7 Å². The van der Waals surface area contributed by atoms with Gasteiger partial charge >= 0.3 is 0 Å². The van der Waals surface area contributed by atoms with Gasteiger partial charge < -0.3 is 5.32 Å². The molecular weight excluding hydrogens is 410 g/mol. The maximum Gasteiger partial charge on any atom is 0.239 e. The van der Waals surface area contributed by atoms with E-state index in [-0.39, 0.29) is 30.0 Å². The van der Waals surface area contributed by atoms with Crippen molar-refractivity contribution >= 4 is 43.1 Å². The standard InChI is InChI=1S/C19H23N5O3S2/c1-13-9-17(24(22-13)14-7-8-29(26,27)12-14)21-18(25)10-23(2)11-19-20-15-5-3-4-6-16(15)28-19/h3-6,9,14H,7-8,10-12H2,1-2H3,(H,21,25). The number of carbonyl (C=O) groups is 1. The Hall–Kier alpha value is -2.30. The van der Waals surface area contributed by atoms with E-state index in [2.05, 4.69) is 15.4 Å². The van der Waals surface area contributed by atoms with Crippen molar-refractivity contribution in [2.24, 2.45) is 0 Å². The van der Waals surface area contributed by atoms with Crippen LogP contribution >= 0.6 is 11.3 Å². The lowest BCUT2D eigenvalue weighted by atomic mass is 10.3. The number of amides is 1. The highest BCUT2D eigenvalue weighted by Gasteiger charge is 2.31. The summed E-state index contributed by atoms with van der Waals surface area (Å²) in [7, 11) is -1.16. The van der Waals surface area contributed by atoms with E-state index in [1.165, 1.54) is 0 Å². The van der Waals surface area contributed by atoms with E-state index in [9.17, 15) is 13.2 Å². The molecule has 0 spiro atoms. The summed E-state index contributed by atoms with van der Waals surface area (Å²) < 4.78 is 26.4. The largest absolute Gasteiger partial charge is 0.310 e. The average Bonchev–Trinajstić information content (AvgIpc) is 3.30. The number of para-hydroxylation sites is 1. The van der Waals surface area contributed by atoms with Gasteiger partial charge in [-0.15, -0.1) is 11.3 Å². The van der Waals surface area contributed by atoms with Crippen molar-refractivity contribution < 1.29 is 13.2 Å². The third-order valence-corrected chi connectivity index (χ3v) is 7.61. The molecule has 3 aromatic rings. The van der Waals surface area contributed by atoms with Crippen LogP contribution in [-0.4, -0.2) is 59.1 Å². The smallest absolute Gasteiger partial charge is 0.239 e. The van der Waals surface area contributed by atoms with Crippen LogP contribution in [0, 0.1) is 6.92 Å². The molecule has 10 heteroatoms. The number of benzene rings is 1. The van der Waals surface area contributed by atoms with E-state index >= 15 is 0 Å². The number of sulfone groups is 1. The van der Waals surface area contributed by atoms with Crippen LogP contribution in [0.15, 0.2) is 30.3 Å². The first-order valence-corrected chi connectivity index (χ1v) is 12.0. The Morgan fingerprint density at radius 2 is 2.17 bits per heavy atom. The van der Waals surface area contributed by atoms with Crippen LogP contribution in [-0.2, 0) is 21.2 Å². The molecule has 1 aliphatic heterocycles. The predicted octanol–water partition coefficient (Wildman–Crippen LogP) is 2.23. The second kappa shape index (κ2) is 7.85. The Balaban J connectivity index is 1.39. The number of nitrogens with zero attached hydrogens (tertiary/aromatic N) is 4. The van der Waals surface area contributed by atoms with E-state index in [1.807, 2.05) is 43.1 Å². The quantitative estimate of drug-likeness (QED) is 0.640. The Labute approximate surface area is 173 Å². The molecule has 1 fully saturated rings. The third-order valence-electron chi connectivity index (χ3n) is 4.84. The van der Waals surface area contributed by atoms with Gasteiger partial charge in [0, 0.05) is 6.07 Å². The Morgan fingerprint density at radius 3 is 2.90 bits per heavy atom. The molecule has 1 amide bonds. The molecule has 1 aliphatic rings. The van der Waals surface area contributed by atoms with Crippen molar-refractivity contribution in [1.29, 1.82) is 0 Å². The molecule has 4 rings (SSSR count). The normalized spacial score (nSPS) is 18.5. The Bertz CT molecular complexity index is 1120. The van der Waals surface area contributed by atoms with Crippen molar-refractivity contribution in [2.75, 3.05) is 30.4 Å². The van der Waals surface area contributed by atoms with E-state index in [4.69, 9.17) is 0 Å². The topological polar surface area (TPSA) is 97.2 Å². The highest BCUT2D eigenvalue weighted by atomic mass is 32.2. The fraction of sp³-hybridized carbons (Fsp3) is 0.421. The summed E-state index contributed by atoms with van der Waals surface area (Å²) >= 11 is 1.62. The minimum absolute atomic E-state index is 0.0640. The van der Waals surface area contributed by atoms with Crippen LogP contribution in [0.3, 0.4) is 0 Å². The second-order valence-corrected chi connectivity index (χ2v) is 10.8. The number of aromatic nitrogens is 3. The fourth-order valence-corrected chi connectivity index (χ4v) is 6.30. The number of aryl methyl sites for hydroxylation is 1. The molecule has 2 aromatic heterocycles. The highest BCUT2D eigenvalue weighted by molar-refractivity contribution is 7.91. The van der Waals surface area contributed by atoms with Gasteiger partial charge in [-0.3, -0.25) is 9.69 Å². The Morgan fingerprint density at radius 1 is 1.38 bits per heavy atom. The first-order valence-electron chi connectivity index (χ1n) is 9.38. The van der Waals surface area contributed by atoms with Gasteiger partial charge in [0.15, 0.2) is 9.84 Å². The number of fused-ring (bicyclic) bond motifs is 1. The number of thiazole rings is 1.